The number of likely N-dealkylation sites (tertiary alicyclic amines) is 1. The predicted molar refractivity (Wildman–Crippen MR) is 97.1 cm³/mol. The number of aliphatic hydroxyl groups excluding tert-OH is 1. The van der Waals surface area contributed by atoms with Crippen LogP contribution in [-0.2, 0) is 4.74 Å². The number of piperidine rings is 1. The van der Waals surface area contributed by atoms with Crippen LogP contribution in [0.3, 0.4) is 0 Å². The van der Waals surface area contributed by atoms with Crippen LogP contribution in [0.1, 0.15) is 42.9 Å². The van der Waals surface area contributed by atoms with E-state index in [-0.39, 0.29) is 6.10 Å². The lowest BCUT2D eigenvalue weighted by atomic mass is 9.97. The van der Waals surface area contributed by atoms with E-state index in [4.69, 9.17) is 4.74 Å². The number of aliphatic hydroxyl groups is 1. The van der Waals surface area contributed by atoms with Gasteiger partial charge in [-0.25, -0.2) is 0 Å². The van der Waals surface area contributed by atoms with E-state index in [0.717, 1.165) is 38.4 Å². The lowest BCUT2D eigenvalue weighted by Crippen LogP contribution is -2.46. The van der Waals surface area contributed by atoms with Crippen LogP contribution >= 0.6 is 0 Å². The van der Waals surface area contributed by atoms with E-state index >= 15 is 0 Å². The highest BCUT2D eigenvalue weighted by atomic mass is 16.5. The highest BCUT2D eigenvalue weighted by Crippen LogP contribution is 2.41. The van der Waals surface area contributed by atoms with Gasteiger partial charge in [0.15, 0.2) is 0 Å². The predicted octanol–water partition coefficient (Wildman–Crippen LogP) is 2.51. The monoisotopic (exact) mass is 332 g/mol. The molecule has 3 rings (SSSR count). The zero-order valence-corrected chi connectivity index (χ0v) is 15.1. The second-order valence-electron chi connectivity index (χ2n) is 7.58. The Hall–Kier alpha value is -0.940. The first-order chi connectivity index (χ1) is 11.7. The van der Waals surface area contributed by atoms with Gasteiger partial charge in [-0.1, -0.05) is 29.8 Å². The molecule has 2 atom stereocenters. The molecule has 2 fully saturated rings. The average molecular weight is 332 g/mol. The molecule has 1 aromatic rings. The Morgan fingerprint density at radius 3 is 2.42 bits per heavy atom. The molecule has 134 valence electrons. The number of aryl methyl sites for hydroxylation is 1. The molecule has 1 aromatic carbocycles. The summed E-state index contributed by atoms with van der Waals surface area (Å²) in [5.41, 5.74) is 2.78. The number of methoxy groups -OCH3 is 1. The van der Waals surface area contributed by atoms with E-state index < -0.39 is 0 Å². The van der Waals surface area contributed by atoms with Gasteiger partial charge in [0, 0.05) is 25.7 Å². The minimum Gasteiger partial charge on any atom is -0.389 e. The molecule has 4 nitrogen and oxygen atoms in total. The third-order valence-electron chi connectivity index (χ3n) is 5.36. The summed E-state index contributed by atoms with van der Waals surface area (Å²) in [6.45, 7) is 5.42. The summed E-state index contributed by atoms with van der Waals surface area (Å²) in [4.78, 5) is 2.36. The van der Waals surface area contributed by atoms with Crippen molar-refractivity contribution in [3.8, 4) is 0 Å². The summed E-state index contributed by atoms with van der Waals surface area (Å²) in [6, 6.07) is 10.1. The smallest absolute Gasteiger partial charge is 0.0900 e. The average Bonchev–Trinajstić information content (AvgIpc) is 3.40. The molecule has 2 unspecified atom stereocenters. The van der Waals surface area contributed by atoms with Gasteiger partial charge in [0.05, 0.1) is 12.7 Å². The molecule has 1 aliphatic carbocycles. The van der Waals surface area contributed by atoms with E-state index in [1.165, 1.54) is 24.0 Å². The van der Waals surface area contributed by atoms with Crippen LogP contribution in [-0.4, -0.2) is 55.5 Å². The SMILES string of the molecule is COCC(O)CN1CCC(NC(c2ccc(C)cc2)C2CC2)CC1. The summed E-state index contributed by atoms with van der Waals surface area (Å²) in [5.74, 6) is 0.814. The summed E-state index contributed by atoms with van der Waals surface area (Å²) in [5, 5.41) is 13.8. The van der Waals surface area contributed by atoms with Crippen LogP contribution in [0.25, 0.3) is 0 Å². The summed E-state index contributed by atoms with van der Waals surface area (Å²) >= 11 is 0. The molecule has 0 spiro atoms. The Kier molecular flexibility index (Phi) is 6.28. The van der Waals surface area contributed by atoms with Gasteiger partial charge in [-0.3, -0.25) is 0 Å². The molecule has 0 aromatic heterocycles. The number of hydrogen-bond acceptors (Lipinski definition) is 4. The zero-order chi connectivity index (χ0) is 16.9. The van der Waals surface area contributed by atoms with Gasteiger partial charge < -0.3 is 20.1 Å². The quantitative estimate of drug-likeness (QED) is 0.768. The fourth-order valence-corrected chi connectivity index (χ4v) is 3.79. The Morgan fingerprint density at radius 1 is 1.17 bits per heavy atom. The van der Waals surface area contributed by atoms with Crippen molar-refractivity contribution in [1.82, 2.24) is 10.2 Å². The molecule has 0 amide bonds. The molecule has 1 saturated heterocycles. The number of ether oxygens (including phenoxy) is 1. The highest BCUT2D eigenvalue weighted by molar-refractivity contribution is 5.25. The van der Waals surface area contributed by atoms with Crippen molar-refractivity contribution in [3.05, 3.63) is 35.4 Å². The fourth-order valence-electron chi connectivity index (χ4n) is 3.79. The number of nitrogens with one attached hydrogen (secondary N) is 1. The molecule has 2 aliphatic rings. The van der Waals surface area contributed by atoms with Crippen molar-refractivity contribution < 1.29 is 9.84 Å². The van der Waals surface area contributed by atoms with Crippen LogP contribution in [0.15, 0.2) is 24.3 Å². The maximum Gasteiger partial charge on any atom is 0.0900 e. The molecular weight excluding hydrogens is 300 g/mol. The summed E-state index contributed by atoms with van der Waals surface area (Å²) in [6.07, 6.45) is 4.66. The first kappa shape index (κ1) is 17.9. The largest absolute Gasteiger partial charge is 0.389 e. The highest BCUT2D eigenvalue weighted by Gasteiger charge is 2.34. The first-order valence-electron chi connectivity index (χ1n) is 9.37. The summed E-state index contributed by atoms with van der Waals surface area (Å²) < 4.78 is 5.02. The van der Waals surface area contributed by atoms with Gasteiger partial charge in [-0.2, -0.15) is 0 Å². The molecule has 4 heteroatoms. The van der Waals surface area contributed by atoms with E-state index in [9.17, 15) is 5.11 Å². The number of β-amino-alcohol motifs (C(OH)–C–C–N with tert-alkyl or cyclic N) is 1. The second-order valence-corrected chi connectivity index (χ2v) is 7.58. The molecule has 1 heterocycles. The molecule has 0 radical (unpaired) electrons. The van der Waals surface area contributed by atoms with Crippen molar-refractivity contribution in [2.45, 2.75) is 50.8 Å². The second kappa shape index (κ2) is 8.43. The van der Waals surface area contributed by atoms with Crippen molar-refractivity contribution in [2.75, 3.05) is 33.4 Å². The Bertz CT molecular complexity index is 493. The number of nitrogens with zero attached hydrogens (tertiary/aromatic N) is 1. The van der Waals surface area contributed by atoms with Gasteiger partial charge in [0.25, 0.3) is 0 Å². The third kappa shape index (κ3) is 5.03. The minimum absolute atomic E-state index is 0.369. The van der Waals surface area contributed by atoms with Gasteiger partial charge >= 0.3 is 0 Å². The Labute approximate surface area is 146 Å². The molecule has 2 N–H and O–H groups in total. The number of benzene rings is 1. The van der Waals surface area contributed by atoms with Crippen molar-refractivity contribution >= 4 is 0 Å². The molecule has 1 aliphatic heterocycles. The van der Waals surface area contributed by atoms with Crippen LogP contribution in [0.4, 0.5) is 0 Å². The van der Waals surface area contributed by atoms with E-state index in [1.54, 1.807) is 7.11 Å². The summed E-state index contributed by atoms with van der Waals surface area (Å²) in [7, 11) is 1.64. The van der Waals surface area contributed by atoms with Crippen LogP contribution in [0.2, 0.25) is 0 Å². The molecular formula is C20H32N2O2. The third-order valence-corrected chi connectivity index (χ3v) is 5.36. The van der Waals surface area contributed by atoms with Gasteiger partial charge in [0.2, 0.25) is 0 Å². The van der Waals surface area contributed by atoms with E-state index in [0.29, 0.717) is 18.7 Å². The minimum atomic E-state index is -0.369. The number of hydrogen-bond donors (Lipinski definition) is 2. The molecule has 1 saturated carbocycles. The Balaban J connectivity index is 1.49. The lowest BCUT2D eigenvalue weighted by Gasteiger charge is -2.35. The van der Waals surface area contributed by atoms with Crippen molar-refractivity contribution in [3.63, 3.8) is 0 Å². The van der Waals surface area contributed by atoms with Crippen molar-refractivity contribution in [2.24, 2.45) is 5.92 Å². The maximum atomic E-state index is 9.88. The zero-order valence-electron chi connectivity index (χ0n) is 15.1. The van der Waals surface area contributed by atoms with Crippen LogP contribution in [0, 0.1) is 12.8 Å². The van der Waals surface area contributed by atoms with Gasteiger partial charge in [0.1, 0.15) is 0 Å². The van der Waals surface area contributed by atoms with Gasteiger partial charge in [-0.05, 0) is 57.2 Å². The first-order valence-corrected chi connectivity index (χ1v) is 9.37. The lowest BCUT2D eigenvalue weighted by molar-refractivity contribution is 0.0306. The van der Waals surface area contributed by atoms with E-state index in [1.807, 2.05) is 0 Å². The fraction of sp³-hybridized carbons (Fsp3) is 0.700. The van der Waals surface area contributed by atoms with Crippen LogP contribution < -0.4 is 5.32 Å². The maximum absolute atomic E-state index is 9.88. The van der Waals surface area contributed by atoms with Crippen LogP contribution in [0.5, 0.6) is 0 Å². The van der Waals surface area contributed by atoms with E-state index in [2.05, 4.69) is 41.4 Å². The molecule has 0 bridgehead atoms. The topological polar surface area (TPSA) is 44.7 Å². The van der Waals surface area contributed by atoms with Gasteiger partial charge in [-0.15, -0.1) is 0 Å². The Morgan fingerprint density at radius 2 is 1.83 bits per heavy atom. The molecule has 24 heavy (non-hydrogen) atoms. The number of rotatable bonds is 8. The standard InChI is InChI=1S/C20H32N2O2/c1-15-3-5-16(6-4-15)20(17-7-8-17)21-18-9-11-22(12-10-18)13-19(23)14-24-2/h3-6,17-21,23H,7-14H2,1-2H3. The van der Waals surface area contributed by atoms with Crippen molar-refractivity contribution in [1.29, 1.82) is 0 Å². The normalized spacial score (nSPS) is 22.5.